The van der Waals surface area contributed by atoms with E-state index in [0.717, 1.165) is 18.4 Å². The monoisotopic (exact) mass is 275 g/mol. The van der Waals surface area contributed by atoms with Gasteiger partial charge in [-0.05, 0) is 17.9 Å². The van der Waals surface area contributed by atoms with Gasteiger partial charge in [0.05, 0.1) is 6.07 Å². The lowest BCUT2D eigenvalue weighted by molar-refractivity contribution is 0.669. The summed E-state index contributed by atoms with van der Waals surface area (Å²) in [6.45, 7) is 13.6. The summed E-state index contributed by atoms with van der Waals surface area (Å²) in [6.07, 6.45) is 7.53. The maximum Gasteiger partial charge on any atom is 0.138 e. The Kier molecular flexibility index (Phi) is 7.80. The van der Waals surface area contributed by atoms with Gasteiger partial charge in [-0.2, -0.15) is 5.26 Å². The standard InChI is InChI=1S/C17H29NSi/c1-7-8-9-10-12-16(15-18)13-11-14-19(5,6)17(2,3)4/h13H,7-10,12H2,1-6H3/b16-13-. The second-order valence-corrected chi connectivity index (χ2v) is 11.7. The van der Waals surface area contributed by atoms with Crippen molar-refractivity contribution in [3.05, 3.63) is 11.6 Å². The Morgan fingerprint density at radius 1 is 1.16 bits per heavy atom. The molecule has 0 N–H and O–H groups in total. The van der Waals surface area contributed by atoms with Crippen molar-refractivity contribution >= 4 is 8.07 Å². The van der Waals surface area contributed by atoms with Crippen LogP contribution in [0.2, 0.25) is 18.1 Å². The van der Waals surface area contributed by atoms with Crippen molar-refractivity contribution in [2.75, 3.05) is 0 Å². The SMILES string of the molecule is CCCCCC/C(C#N)=C/C#C[Si](C)(C)C(C)(C)C. The highest BCUT2D eigenvalue weighted by Crippen LogP contribution is 2.35. The van der Waals surface area contributed by atoms with E-state index in [1.807, 2.05) is 6.08 Å². The smallest absolute Gasteiger partial charge is 0.138 e. The summed E-state index contributed by atoms with van der Waals surface area (Å²) in [5.74, 6) is 3.15. The van der Waals surface area contributed by atoms with Crippen molar-refractivity contribution < 1.29 is 0 Å². The van der Waals surface area contributed by atoms with E-state index < -0.39 is 8.07 Å². The van der Waals surface area contributed by atoms with E-state index in [4.69, 9.17) is 5.26 Å². The van der Waals surface area contributed by atoms with Gasteiger partial charge in [-0.1, -0.05) is 66.0 Å². The number of unbranched alkanes of at least 4 members (excludes halogenated alkanes) is 3. The van der Waals surface area contributed by atoms with Crippen LogP contribution >= 0.6 is 0 Å². The lowest BCUT2D eigenvalue weighted by Gasteiger charge is -2.31. The zero-order valence-corrected chi connectivity index (χ0v) is 14.6. The third-order valence-corrected chi connectivity index (χ3v) is 8.47. The molecular weight excluding hydrogens is 246 g/mol. The molecule has 0 fully saturated rings. The van der Waals surface area contributed by atoms with E-state index in [2.05, 4.69) is 58.3 Å². The summed E-state index contributed by atoms with van der Waals surface area (Å²) in [5, 5.41) is 9.38. The number of allylic oxidation sites excluding steroid dienone is 2. The first-order valence-electron chi connectivity index (χ1n) is 7.36. The van der Waals surface area contributed by atoms with Crippen LogP contribution in [-0.2, 0) is 0 Å². The van der Waals surface area contributed by atoms with Crippen LogP contribution in [0.15, 0.2) is 11.6 Å². The van der Waals surface area contributed by atoms with Crippen LogP contribution in [0, 0.1) is 22.8 Å². The number of hydrogen-bond donors (Lipinski definition) is 0. The van der Waals surface area contributed by atoms with E-state index in [9.17, 15) is 0 Å². The van der Waals surface area contributed by atoms with Crippen molar-refractivity contribution in [1.82, 2.24) is 0 Å². The zero-order chi connectivity index (χ0) is 14.9. The Hall–Kier alpha value is -0.993. The molecule has 0 atom stereocenters. The van der Waals surface area contributed by atoms with Crippen molar-refractivity contribution in [2.24, 2.45) is 0 Å². The average molecular weight is 276 g/mol. The van der Waals surface area contributed by atoms with E-state index in [-0.39, 0.29) is 5.04 Å². The van der Waals surface area contributed by atoms with Crippen LogP contribution in [-0.4, -0.2) is 8.07 Å². The van der Waals surface area contributed by atoms with Crippen molar-refractivity contribution in [2.45, 2.75) is 77.9 Å². The predicted molar refractivity (Wildman–Crippen MR) is 87.4 cm³/mol. The summed E-state index contributed by atoms with van der Waals surface area (Å²) in [6, 6.07) is 2.28. The van der Waals surface area contributed by atoms with Gasteiger partial charge in [-0.3, -0.25) is 0 Å². The molecule has 0 aliphatic heterocycles. The van der Waals surface area contributed by atoms with Gasteiger partial charge >= 0.3 is 0 Å². The number of nitriles is 1. The van der Waals surface area contributed by atoms with Gasteiger partial charge in [0.25, 0.3) is 0 Å². The van der Waals surface area contributed by atoms with E-state index in [1.165, 1.54) is 19.3 Å². The maximum atomic E-state index is 9.10. The highest BCUT2D eigenvalue weighted by molar-refractivity contribution is 6.87. The minimum atomic E-state index is -1.54. The molecule has 0 unspecified atom stereocenters. The van der Waals surface area contributed by atoms with Crippen LogP contribution in [0.25, 0.3) is 0 Å². The molecule has 0 radical (unpaired) electrons. The normalized spacial score (nSPS) is 12.6. The number of rotatable bonds is 5. The van der Waals surface area contributed by atoms with Gasteiger partial charge in [-0.25, -0.2) is 0 Å². The molecule has 0 bridgehead atoms. The molecule has 0 aromatic heterocycles. The Bertz CT molecular complexity index is 394. The fourth-order valence-corrected chi connectivity index (χ4v) is 2.20. The molecule has 0 amide bonds. The zero-order valence-electron chi connectivity index (χ0n) is 13.6. The van der Waals surface area contributed by atoms with Crippen LogP contribution in [0.1, 0.15) is 59.8 Å². The fraction of sp³-hybridized carbons (Fsp3) is 0.706. The molecule has 2 heteroatoms. The maximum absolute atomic E-state index is 9.10. The largest absolute Gasteiger partial charge is 0.193 e. The number of nitrogens with zero attached hydrogens (tertiary/aromatic N) is 1. The van der Waals surface area contributed by atoms with Gasteiger partial charge in [-0.15, -0.1) is 5.54 Å². The van der Waals surface area contributed by atoms with Gasteiger partial charge in [0.1, 0.15) is 8.07 Å². The first-order chi connectivity index (χ1) is 8.74. The molecule has 106 valence electrons. The second-order valence-electron chi connectivity index (χ2n) is 6.74. The first-order valence-corrected chi connectivity index (χ1v) is 10.4. The van der Waals surface area contributed by atoms with E-state index in [1.54, 1.807) is 0 Å². The highest BCUT2D eigenvalue weighted by Gasteiger charge is 2.33. The molecule has 1 nitrogen and oxygen atoms in total. The summed E-state index contributed by atoms with van der Waals surface area (Å²) >= 11 is 0. The Morgan fingerprint density at radius 3 is 2.26 bits per heavy atom. The highest BCUT2D eigenvalue weighted by atomic mass is 28.3. The molecule has 0 spiro atoms. The minimum Gasteiger partial charge on any atom is -0.193 e. The summed E-state index contributed by atoms with van der Waals surface area (Å²) < 4.78 is 0. The molecule has 0 aromatic rings. The molecule has 19 heavy (non-hydrogen) atoms. The third kappa shape index (κ3) is 7.24. The molecule has 0 aliphatic rings. The lowest BCUT2D eigenvalue weighted by atomic mass is 10.1. The van der Waals surface area contributed by atoms with E-state index >= 15 is 0 Å². The predicted octanol–water partition coefficient (Wildman–Crippen LogP) is 5.46. The molecule has 0 saturated carbocycles. The van der Waals surface area contributed by atoms with Crippen molar-refractivity contribution in [3.8, 4) is 17.5 Å². The first kappa shape index (κ1) is 18.0. The molecule has 0 aromatic carbocycles. The summed E-state index contributed by atoms with van der Waals surface area (Å²) in [7, 11) is -1.54. The topological polar surface area (TPSA) is 23.8 Å². The lowest BCUT2D eigenvalue weighted by Crippen LogP contribution is -2.35. The molecule has 0 aliphatic carbocycles. The Labute approximate surface area is 121 Å². The van der Waals surface area contributed by atoms with Crippen molar-refractivity contribution in [3.63, 3.8) is 0 Å². The van der Waals surface area contributed by atoms with Crippen LogP contribution in [0.5, 0.6) is 0 Å². The van der Waals surface area contributed by atoms with Crippen LogP contribution in [0.4, 0.5) is 0 Å². The quantitative estimate of drug-likeness (QED) is 0.283. The Morgan fingerprint density at radius 2 is 1.79 bits per heavy atom. The summed E-state index contributed by atoms with van der Waals surface area (Å²) in [5.41, 5.74) is 4.26. The molecule has 0 rings (SSSR count). The molecular formula is C17H29NSi. The van der Waals surface area contributed by atoms with Gasteiger partial charge < -0.3 is 0 Å². The third-order valence-electron chi connectivity index (χ3n) is 3.95. The second kappa shape index (κ2) is 8.23. The Balaban J connectivity index is 4.56. The molecule has 0 heterocycles. The average Bonchev–Trinajstić information content (AvgIpc) is 2.30. The van der Waals surface area contributed by atoms with E-state index in [0.29, 0.717) is 0 Å². The summed E-state index contributed by atoms with van der Waals surface area (Å²) in [4.78, 5) is 0. The fourth-order valence-electron chi connectivity index (χ4n) is 1.39. The van der Waals surface area contributed by atoms with Crippen LogP contribution in [0.3, 0.4) is 0 Å². The molecule has 0 saturated heterocycles. The van der Waals surface area contributed by atoms with Gasteiger partial charge in [0.15, 0.2) is 0 Å². The number of hydrogen-bond acceptors (Lipinski definition) is 1. The van der Waals surface area contributed by atoms with Crippen LogP contribution < -0.4 is 0 Å². The van der Waals surface area contributed by atoms with Gasteiger partial charge in [0, 0.05) is 11.6 Å². The van der Waals surface area contributed by atoms with Crippen molar-refractivity contribution in [1.29, 1.82) is 5.26 Å². The van der Waals surface area contributed by atoms with Gasteiger partial charge in [0.2, 0.25) is 0 Å². The minimum absolute atomic E-state index is 0.280.